The van der Waals surface area contributed by atoms with E-state index in [0.29, 0.717) is 11.3 Å². The van der Waals surface area contributed by atoms with Crippen molar-refractivity contribution in [1.29, 1.82) is 0 Å². The van der Waals surface area contributed by atoms with E-state index in [0.717, 1.165) is 0 Å². The number of aliphatic hydroxyl groups is 1. The molecule has 0 saturated carbocycles. The van der Waals surface area contributed by atoms with Crippen LogP contribution in [0.5, 0.6) is 5.75 Å². The Kier molecular flexibility index (Phi) is 4.12. The molecule has 0 saturated heterocycles. The van der Waals surface area contributed by atoms with Crippen LogP contribution in [0.25, 0.3) is 0 Å². The molecule has 0 atom stereocenters. The van der Waals surface area contributed by atoms with Crippen molar-refractivity contribution in [3.8, 4) is 5.75 Å². The molecule has 0 radical (unpaired) electrons. The molecule has 0 bridgehead atoms. The molecule has 1 amide bonds. The number of ether oxygens (including phenoxy) is 1. The summed E-state index contributed by atoms with van der Waals surface area (Å²) in [5, 5.41) is 9.02. The van der Waals surface area contributed by atoms with E-state index in [2.05, 4.69) is 0 Å². The van der Waals surface area contributed by atoms with E-state index in [1.165, 1.54) is 4.90 Å². The fourth-order valence-electron chi connectivity index (χ4n) is 1.04. The summed E-state index contributed by atoms with van der Waals surface area (Å²) in [6.45, 7) is -0.101. The van der Waals surface area contributed by atoms with Gasteiger partial charge in [-0.05, 0) is 6.07 Å². The lowest BCUT2D eigenvalue weighted by atomic mass is 10.2. The van der Waals surface area contributed by atoms with Crippen LogP contribution in [0, 0.1) is 0 Å². The van der Waals surface area contributed by atoms with Gasteiger partial charge in [0.05, 0.1) is 6.61 Å². The third-order valence-electron chi connectivity index (χ3n) is 1.99. The lowest BCUT2D eigenvalue weighted by Gasteiger charge is -2.12. The van der Waals surface area contributed by atoms with Gasteiger partial charge in [0.25, 0.3) is 5.91 Å². The van der Waals surface area contributed by atoms with Crippen molar-refractivity contribution in [1.82, 2.24) is 4.90 Å². The van der Waals surface area contributed by atoms with E-state index >= 15 is 0 Å². The van der Waals surface area contributed by atoms with Gasteiger partial charge >= 0.3 is 0 Å². The second kappa shape index (κ2) is 5.36. The Morgan fingerprint density at radius 3 is 2.67 bits per heavy atom. The van der Waals surface area contributed by atoms with Gasteiger partial charge in [0.2, 0.25) is 0 Å². The summed E-state index contributed by atoms with van der Waals surface area (Å²) in [5.41, 5.74) is 0.684. The number of carbonyl (C=O) groups excluding carboxylic acids is 1. The highest BCUT2D eigenvalue weighted by atomic mass is 16.5. The topological polar surface area (TPSA) is 49.8 Å². The SMILES string of the molecule is CN(C)C(=O)COc1ccccc1CO. The van der Waals surface area contributed by atoms with Crippen LogP contribution in [-0.4, -0.2) is 36.6 Å². The molecule has 0 aromatic heterocycles. The monoisotopic (exact) mass is 209 g/mol. The number of amides is 1. The van der Waals surface area contributed by atoms with E-state index in [4.69, 9.17) is 9.84 Å². The normalized spacial score (nSPS) is 9.80. The highest BCUT2D eigenvalue weighted by Crippen LogP contribution is 2.17. The molecule has 1 aromatic rings. The molecule has 4 heteroatoms. The molecular formula is C11H15NO3. The Balaban J connectivity index is 2.61. The van der Waals surface area contributed by atoms with E-state index < -0.39 is 0 Å². The fraction of sp³-hybridized carbons (Fsp3) is 0.364. The summed E-state index contributed by atoms with van der Waals surface area (Å²) in [7, 11) is 3.34. The van der Waals surface area contributed by atoms with E-state index in [1.54, 1.807) is 32.3 Å². The van der Waals surface area contributed by atoms with Crippen LogP contribution in [-0.2, 0) is 11.4 Å². The lowest BCUT2D eigenvalue weighted by Crippen LogP contribution is -2.27. The zero-order valence-electron chi connectivity index (χ0n) is 8.93. The highest BCUT2D eigenvalue weighted by molar-refractivity contribution is 5.77. The molecule has 0 aliphatic carbocycles. The average molecular weight is 209 g/mol. The average Bonchev–Trinajstić information content (AvgIpc) is 2.26. The van der Waals surface area contributed by atoms with Crippen LogP contribution in [0.3, 0.4) is 0 Å². The predicted octanol–water partition coefficient (Wildman–Crippen LogP) is 0.646. The van der Waals surface area contributed by atoms with Crippen molar-refractivity contribution in [2.24, 2.45) is 0 Å². The van der Waals surface area contributed by atoms with Gasteiger partial charge in [-0.25, -0.2) is 0 Å². The number of carbonyl (C=O) groups is 1. The minimum Gasteiger partial charge on any atom is -0.483 e. The van der Waals surface area contributed by atoms with Crippen molar-refractivity contribution in [3.63, 3.8) is 0 Å². The van der Waals surface area contributed by atoms with Gasteiger partial charge in [-0.1, -0.05) is 18.2 Å². The third kappa shape index (κ3) is 3.25. The maximum atomic E-state index is 11.3. The summed E-state index contributed by atoms with van der Waals surface area (Å²) in [6.07, 6.45) is 0. The molecule has 1 rings (SSSR count). The molecule has 0 aliphatic heterocycles. The number of nitrogens with zero attached hydrogens (tertiary/aromatic N) is 1. The molecule has 0 spiro atoms. The van der Waals surface area contributed by atoms with Gasteiger partial charge < -0.3 is 14.7 Å². The van der Waals surface area contributed by atoms with Crippen molar-refractivity contribution in [3.05, 3.63) is 29.8 Å². The molecule has 0 heterocycles. The number of rotatable bonds is 4. The molecule has 4 nitrogen and oxygen atoms in total. The van der Waals surface area contributed by atoms with Gasteiger partial charge in [0, 0.05) is 19.7 Å². The van der Waals surface area contributed by atoms with Gasteiger partial charge in [0.15, 0.2) is 6.61 Å². The van der Waals surface area contributed by atoms with E-state index in [-0.39, 0.29) is 19.1 Å². The van der Waals surface area contributed by atoms with Crippen LogP contribution in [0.2, 0.25) is 0 Å². The third-order valence-corrected chi connectivity index (χ3v) is 1.99. The summed E-state index contributed by atoms with van der Waals surface area (Å²) < 4.78 is 5.30. The van der Waals surface area contributed by atoms with Crippen LogP contribution in [0.4, 0.5) is 0 Å². The summed E-state index contributed by atoms with van der Waals surface area (Å²) in [6, 6.07) is 7.10. The summed E-state index contributed by atoms with van der Waals surface area (Å²) in [5.74, 6) is 0.443. The highest BCUT2D eigenvalue weighted by Gasteiger charge is 2.06. The maximum absolute atomic E-state index is 11.3. The zero-order valence-corrected chi connectivity index (χ0v) is 8.93. The van der Waals surface area contributed by atoms with Crippen LogP contribution >= 0.6 is 0 Å². The molecule has 1 N–H and O–H groups in total. The number of hydrogen-bond donors (Lipinski definition) is 1. The van der Waals surface area contributed by atoms with Crippen LogP contribution < -0.4 is 4.74 Å². The Labute approximate surface area is 89.1 Å². The largest absolute Gasteiger partial charge is 0.483 e. The van der Waals surface area contributed by atoms with Gasteiger partial charge in [0.1, 0.15) is 5.75 Å². The quantitative estimate of drug-likeness (QED) is 0.792. The maximum Gasteiger partial charge on any atom is 0.259 e. The first kappa shape index (κ1) is 11.5. The summed E-state index contributed by atoms with van der Waals surface area (Å²) in [4.78, 5) is 12.7. The Morgan fingerprint density at radius 1 is 1.40 bits per heavy atom. The number of likely N-dealkylation sites (N-methyl/N-ethyl adjacent to an activating group) is 1. The van der Waals surface area contributed by atoms with Gasteiger partial charge in [-0.15, -0.1) is 0 Å². The first-order chi connectivity index (χ1) is 7.15. The van der Waals surface area contributed by atoms with E-state index in [9.17, 15) is 4.79 Å². The van der Waals surface area contributed by atoms with Gasteiger partial charge in [-0.2, -0.15) is 0 Å². The van der Waals surface area contributed by atoms with Crippen molar-refractivity contribution in [2.45, 2.75) is 6.61 Å². The predicted molar refractivity (Wildman–Crippen MR) is 56.6 cm³/mol. The standard InChI is InChI=1S/C11H15NO3/c1-12(2)11(14)8-15-10-6-4-3-5-9(10)7-13/h3-6,13H,7-8H2,1-2H3. The lowest BCUT2D eigenvalue weighted by molar-refractivity contribution is -0.130. The number of aliphatic hydroxyl groups excluding tert-OH is 1. The summed E-state index contributed by atoms with van der Waals surface area (Å²) >= 11 is 0. The smallest absolute Gasteiger partial charge is 0.259 e. The second-order valence-electron chi connectivity index (χ2n) is 3.34. The Hall–Kier alpha value is -1.55. The second-order valence-corrected chi connectivity index (χ2v) is 3.34. The molecule has 0 fully saturated rings. The zero-order chi connectivity index (χ0) is 11.3. The van der Waals surface area contributed by atoms with Crippen molar-refractivity contribution in [2.75, 3.05) is 20.7 Å². The van der Waals surface area contributed by atoms with Crippen molar-refractivity contribution >= 4 is 5.91 Å². The Bertz CT molecular complexity index is 336. The number of hydrogen-bond acceptors (Lipinski definition) is 3. The molecule has 15 heavy (non-hydrogen) atoms. The van der Waals surface area contributed by atoms with Crippen molar-refractivity contribution < 1.29 is 14.6 Å². The van der Waals surface area contributed by atoms with Crippen LogP contribution in [0.1, 0.15) is 5.56 Å². The minimum absolute atomic E-state index is 0.00991. The van der Waals surface area contributed by atoms with Gasteiger partial charge in [-0.3, -0.25) is 4.79 Å². The first-order valence-corrected chi connectivity index (χ1v) is 4.67. The molecule has 82 valence electrons. The molecule has 1 aromatic carbocycles. The first-order valence-electron chi connectivity index (χ1n) is 4.67. The molecule has 0 aliphatic rings. The fourth-order valence-corrected chi connectivity index (χ4v) is 1.04. The van der Waals surface area contributed by atoms with E-state index in [1.807, 2.05) is 6.07 Å². The number of benzene rings is 1. The van der Waals surface area contributed by atoms with Crippen LogP contribution in [0.15, 0.2) is 24.3 Å². The number of para-hydroxylation sites is 1. The molecule has 0 unspecified atom stereocenters. The molecular weight excluding hydrogens is 194 g/mol. The Morgan fingerprint density at radius 2 is 2.07 bits per heavy atom. The minimum atomic E-state index is -0.109.